The second-order valence-electron chi connectivity index (χ2n) is 11.1. The Balaban J connectivity index is 2.70. The third-order valence-electron chi connectivity index (χ3n) is 6.58. The van der Waals surface area contributed by atoms with Crippen molar-refractivity contribution in [2.24, 2.45) is 0 Å². The number of aryl methyl sites for hydroxylation is 1. The van der Waals surface area contributed by atoms with E-state index in [1.54, 1.807) is 24.9 Å². The van der Waals surface area contributed by atoms with Crippen molar-refractivity contribution in [1.82, 2.24) is 30.1 Å². The van der Waals surface area contributed by atoms with Gasteiger partial charge >= 0.3 is 5.97 Å². The van der Waals surface area contributed by atoms with Crippen LogP contribution in [-0.4, -0.2) is 132 Å². The lowest BCUT2D eigenvalue weighted by Crippen LogP contribution is -2.44. The highest BCUT2D eigenvalue weighted by molar-refractivity contribution is 5.78. The molecule has 1 aromatic rings. The number of carbonyl (C=O) groups excluding carboxylic acids is 4. The van der Waals surface area contributed by atoms with Crippen molar-refractivity contribution in [2.45, 2.75) is 64.8 Å². The molecule has 1 atom stereocenters. The highest BCUT2D eigenvalue weighted by Gasteiger charge is 2.21. The van der Waals surface area contributed by atoms with E-state index >= 15 is 0 Å². The topological polar surface area (TPSA) is 147 Å². The third kappa shape index (κ3) is 14.9. The van der Waals surface area contributed by atoms with Crippen molar-refractivity contribution >= 4 is 23.7 Å². The smallest absolute Gasteiger partial charge is 0.330 e. The fraction of sp³-hybridized carbons (Fsp3) is 0.724. The van der Waals surface area contributed by atoms with E-state index in [-0.39, 0.29) is 62.8 Å². The Hall–Kier alpha value is -3.50. The van der Waals surface area contributed by atoms with Gasteiger partial charge in [0.15, 0.2) is 0 Å². The number of ether oxygens (including phenoxy) is 1. The van der Waals surface area contributed by atoms with Crippen LogP contribution in [0.1, 0.15) is 64.1 Å². The molecule has 236 valence electrons. The van der Waals surface area contributed by atoms with Crippen LogP contribution in [-0.2, 0) is 30.3 Å². The van der Waals surface area contributed by atoms with Crippen molar-refractivity contribution in [3.05, 3.63) is 11.9 Å². The van der Waals surface area contributed by atoms with Gasteiger partial charge in [-0.15, -0.1) is 17.4 Å². The fourth-order valence-corrected chi connectivity index (χ4v) is 3.88. The molecule has 2 N–H and O–H groups in total. The maximum atomic E-state index is 13.1. The first-order valence-electron chi connectivity index (χ1n) is 14.7. The molecule has 1 unspecified atom stereocenters. The van der Waals surface area contributed by atoms with Gasteiger partial charge in [0.25, 0.3) is 0 Å². The van der Waals surface area contributed by atoms with Crippen molar-refractivity contribution in [3.8, 4) is 12.3 Å². The number of hydrogen-bond donors (Lipinski definition) is 2. The Bertz CT molecular complexity index is 1030. The molecule has 0 aromatic carbocycles. The van der Waals surface area contributed by atoms with E-state index in [0.29, 0.717) is 68.5 Å². The highest BCUT2D eigenvalue weighted by Crippen LogP contribution is 2.10. The van der Waals surface area contributed by atoms with Gasteiger partial charge in [0.05, 0.1) is 33.4 Å². The number of unbranched alkanes of at least 4 members (excludes halogenated alkanes) is 1. The maximum absolute atomic E-state index is 13.1. The van der Waals surface area contributed by atoms with E-state index in [0.717, 1.165) is 0 Å². The second-order valence-corrected chi connectivity index (χ2v) is 11.1. The average Bonchev–Trinajstić information content (AvgIpc) is 3.41. The summed E-state index contributed by atoms with van der Waals surface area (Å²) in [6, 6.07) is -0.620. The number of aliphatic hydroxyl groups excluding tert-OH is 1. The van der Waals surface area contributed by atoms with Gasteiger partial charge in [-0.2, -0.15) is 0 Å². The quantitative estimate of drug-likeness (QED) is 0.0902. The Morgan fingerprint density at radius 2 is 1.74 bits per heavy atom. The number of terminal acetylenes is 1. The van der Waals surface area contributed by atoms with Crippen molar-refractivity contribution in [1.29, 1.82) is 0 Å². The molecule has 0 aliphatic heterocycles. The van der Waals surface area contributed by atoms with Gasteiger partial charge < -0.3 is 29.4 Å². The van der Waals surface area contributed by atoms with Gasteiger partial charge in [0, 0.05) is 64.6 Å². The number of quaternary nitrogens is 1. The number of rotatable bonds is 21. The average molecular weight is 593 g/mol. The summed E-state index contributed by atoms with van der Waals surface area (Å²) < 4.78 is 7.51. The Morgan fingerprint density at radius 3 is 2.33 bits per heavy atom. The molecule has 0 spiro atoms. The molecule has 0 fully saturated rings. The number of amides is 3. The molecule has 1 aromatic heterocycles. The molecule has 42 heavy (non-hydrogen) atoms. The van der Waals surface area contributed by atoms with Crippen LogP contribution in [0.2, 0.25) is 0 Å². The Morgan fingerprint density at radius 1 is 1.10 bits per heavy atom. The number of carbonyl (C=O) groups is 4. The molecule has 1 heterocycles. The number of esters is 1. The normalized spacial score (nSPS) is 11.8. The van der Waals surface area contributed by atoms with Gasteiger partial charge in [-0.25, -0.2) is 9.48 Å². The van der Waals surface area contributed by atoms with Crippen LogP contribution >= 0.6 is 0 Å². The zero-order valence-corrected chi connectivity index (χ0v) is 26.0. The summed E-state index contributed by atoms with van der Waals surface area (Å²) in [6.07, 6.45) is 9.85. The van der Waals surface area contributed by atoms with Crippen LogP contribution in [0.15, 0.2) is 6.20 Å². The van der Waals surface area contributed by atoms with E-state index in [1.165, 1.54) is 9.58 Å². The zero-order valence-electron chi connectivity index (χ0n) is 26.0. The number of likely N-dealkylation sites (N-methyl/N-ethyl adjacent to an activating group) is 1. The van der Waals surface area contributed by atoms with E-state index < -0.39 is 6.04 Å². The third-order valence-corrected chi connectivity index (χ3v) is 6.58. The van der Waals surface area contributed by atoms with Gasteiger partial charge in [-0.05, 0) is 26.2 Å². The molecule has 0 aliphatic rings. The standard InChI is InChI=1S/C29H49N7O6/c1-7-9-10-13-27(39)34(19-21-37)18-17-33(16-15-30-26(38)8-2)28(40)14-11-12-25-23-35(32-31-25)24(3)29(41)42-22-20-36(4,5)6/h1,23-24,37H,8-22H2,2-6H3/p+1. The van der Waals surface area contributed by atoms with Crippen LogP contribution in [0.5, 0.6) is 0 Å². The van der Waals surface area contributed by atoms with Crippen molar-refractivity contribution < 1.29 is 33.5 Å². The molecular weight excluding hydrogens is 542 g/mol. The van der Waals surface area contributed by atoms with Crippen LogP contribution in [0.3, 0.4) is 0 Å². The number of hydrogen-bond acceptors (Lipinski definition) is 8. The zero-order chi connectivity index (χ0) is 31.5. The molecule has 13 nitrogen and oxygen atoms in total. The lowest BCUT2D eigenvalue weighted by atomic mass is 10.2. The summed E-state index contributed by atoms with van der Waals surface area (Å²) in [5.74, 6) is 1.78. The van der Waals surface area contributed by atoms with Crippen molar-refractivity contribution in [2.75, 3.05) is 73.6 Å². The summed E-state index contributed by atoms with van der Waals surface area (Å²) in [5.41, 5.74) is 0.655. The summed E-state index contributed by atoms with van der Waals surface area (Å²) in [7, 11) is 6.06. The highest BCUT2D eigenvalue weighted by atomic mass is 16.5. The van der Waals surface area contributed by atoms with Crippen LogP contribution in [0, 0.1) is 12.3 Å². The summed E-state index contributed by atoms with van der Waals surface area (Å²) in [4.78, 5) is 53.0. The van der Waals surface area contributed by atoms with Gasteiger partial charge in [-0.3, -0.25) is 14.4 Å². The Kier molecular flexibility index (Phi) is 17.0. The second kappa shape index (κ2) is 19.6. The van der Waals surface area contributed by atoms with Crippen LogP contribution in [0.4, 0.5) is 0 Å². The molecule has 0 radical (unpaired) electrons. The van der Waals surface area contributed by atoms with Crippen LogP contribution in [0.25, 0.3) is 0 Å². The number of nitrogens with one attached hydrogen (secondary N) is 1. The van der Waals surface area contributed by atoms with E-state index in [2.05, 4.69) is 21.5 Å². The lowest BCUT2D eigenvalue weighted by molar-refractivity contribution is -0.870. The van der Waals surface area contributed by atoms with Crippen molar-refractivity contribution in [3.63, 3.8) is 0 Å². The molecule has 0 saturated heterocycles. The molecule has 0 saturated carbocycles. The minimum absolute atomic E-state index is 0.109. The largest absolute Gasteiger partial charge is 0.458 e. The monoisotopic (exact) mass is 592 g/mol. The van der Waals surface area contributed by atoms with E-state index in [4.69, 9.17) is 11.2 Å². The summed E-state index contributed by atoms with van der Waals surface area (Å²) in [6.45, 7) is 5.57. The molecule has 3 amide bonds. The van der Waals surface area contributed by atoms with E-state index in [1.807, 2.05) is 21.1 Å². The van der Waals surface area contributed by atoms with E-state index in [9.17, 15) is 24.3 Å². The minimum Gasteiger partial charge on any atom is -0.458 e. The predicted molar refractivity (Wildman–Crippen MR) is 158 cm³/mol. The van der Waals surface area contributed by atoms with Gasteiger partial charge in [-0.1, -0.05) is 12.1 Å². The predicted octanol–water partition coefficient (Wildman–Crippen LogP) is 0.390. The minimum atomic E-state index is -0.620. The first-order chi connectivity index (χ1) is 19.9. The first kappa shape index (κ1) is 36.5. The number of aliphatic hydroxyl groups is 1. The maximum Gasteiger partial charge on any atom is 0.330 e. The first-order valence-corrected chi connectivity index (χ1v) is 14.7. The van der Waals surface area contributed by atoms with Gasteiger partial charge in [0.1, 0.15) is 19.2 Å². The number of aromatic nitrogens is 3. The SMILES string of the molecule is C#CCCCC(=O)N(CCO)CCN(CCNC(=O)CC)C(=O)CCCc1cn(C(C)C(=O)OCC[N+](C)(C)C)nn1. The molecule has 0 bridgehead atoms. The summed E-state index contributed by atoms with van der Waals surface area (Å²) >= 11 is 0. The molecular formula is C29H50N7O6+. The molecule has 0 aliphatic carbocycles. The lowest BCUT2D eigenvalue weighted by Gasteiger charge is -2.28. The van der Waals surface area contributed by atoms with Gasteiger partial charge in [0.2, 0.25) is 17.7 Å². The number of nitrogens with zero attached hydrogens (tertiary/aromatic N) is 6. The molecule has 1 rings (SSSR count). The summed E-state index contributed by atoms with van der Waals surface area (Å²) in [5, 5.41) is 20.4. The van der Waals surface area contributed by atoms with Crippen LogP contribution < -0.4 is 5.32 Å². The Labute approximate surface area is 250 Å². The fourth-order valence-electron chi connectivity index (χ4n) is 3.88. The molecule has 13 heteroatoms.